The van der Waals surface area contributed by atoms with Gasteiger partial charge in [0.15, 0.2) is 6.61 Å². The van der Waals surface area contributed by atoms with Gasteiger partial charge in [-0.3, -0.25) is 4.79 Å². The van der Waals surface area contributed by atoms with Crippen molar-refractivity contribution in [2.24, 2.45) is 0 Å². The monoisotopic (exact) mass is 389 g/mol. The molecule has 0 aliphatic carbocycles. The number of hydrogen-bond acceptors (Lipinski definition) is 3. The van der Waals surface area contributed by atoms with Gasteiger partial charge in [0.25, 0.3) is 5.91 Å². The first-order valence-electron chi connectivity index (χ1n) is 7.67. The van der Waals surface area contributed by atoms with Crippen LogP contribution in [-0.2, 0) is 11.2 Å². The number of ether oxygens (including phenoxy) is 2. The normalized spacial score (nSPS) is 10.1. The van der Waals surface area contributed by atoms with Crippen LogP contribution in [0.3, 0.4) is 0 Å². The molecule has 2 aromatic carbocycles. The zero-order valence-corrected chi connectivity index (χ0v) is 15.1. The number of hydrogen-bond donors (Lipinski definition) is 1. The summed E-state index contributed by atoms with van der Waals surface area (Å²) in [5, 5.41) is 2.78. The Labute approximate surface area is 150 Å². The number of anilines is 1. The van der Waals surface area contributed by atoms with Gasteiger partial charge in [-0.05, 0) is 64.3 Å². The van der Waals surface area contributed by atoms with Crippen LogP contribution in [0.4, 0.5) is 5.69 Å². The molecule has 0 fully saturated rings. The van der Waals surface area contributed by atoms with E-state index in [-0.39, 0.29) is 12.5 Å². The summed E-state index contributed by atoms with van der Waals surface area (Å²) in [5.74, 6) is 1.15. The third kappa shape index (κ3) is 5.42. The van der Waals surface area contributed by atoms with Gasteiger partial charge in [0.05, 0.1) is 4.47 Å². The largest absolute Gasteiger partial charge is 0.490 e. The van der Waals surface area contributed by atoms with E-state index in [1.165, 1.54) is 5.56 Å². The van der Waals surface area contributed by atoms with Crippen molar-refractivity contribution >= 4 is 27.5 Å². The van der Waals surface area contributed by atoms with Gasteiger partial charge >= 0.3 is 0 Å². The van der Waals surface area contributed by atoms with Crippen LogP contribution >= 0.6 is 15.9 Å². The Morgan fingerprint density at radius 3 is 2.58 bits per heavy atom. The van der Waals surface area contributed by atoms with Crippen LogP contribution in [-0.4, -0.2) is 19.1 Å². The maximum atomic E-state index is 12.0. The van der Waals surface area contributed by atoms with Crippen molar-refractivity contribution in [1.29, 1.82) is 0 Å². The predicted octanol–water partition coefficient (Wildman–Crippen LogP) is 4.59. The number of carbonyl (C=O) groups excluding carboxylic acids is 1. The van der Waals surface area contributed by atoms with Crippen molar-refractivity contribution in [3.05, 3.63) is 65.2 Å². The summed E-state index contributed by atoms with van der Waals surface area (Å²) >= 11 is 3.46. The van der Waals surface area contributed by atoms with Gasteiger partial charge < -0.3 is 14.8 Å². The molecule has 2 aromatic rings. The molecule has 5 heteroatoms. The highest BCUT2D eigenvalue weighted by molar-refractivity contribution is 9.10. The fourth-order valence-corrected chi connectivity index (χ4v) is 2.55. The average molecular weight is 390 g/mol. The van der Waals surface area contributed by atoms with E-state index < -0.39 is 0 Å². The zero-order chi connectivity index (χ0) is 17.4. The van der Waals surface area contributed by atoms with Crippen molar-refractivity contribution in [2.45, 2.75) is 13.3 Å². The Morgan fingerprint density at radius 2 is 1.96 bits per heavy atom. The maximum absolute atomic E-state index is 12.0. The van der Waals surface area contributed by atoms with E-state index in [1.807, 2.05) is 18.2 Å². The summed E-state index contributed by atoms with van der Waals surface area (Å²) in [6.07, 6.45) is 2.63. The van der Waals surface area contributed by atoms with Crippen molar-refractivity contribution < 1.29 is 14.3 Å². The second kappa shape index (κ2) is 9.13. The Kier molecular flexibility index (Phi) is 6.88. The fourth-order valence-electron chi connectivity index (χ4n) is 2.01. The predicted molar refractivity (Wildman–Crippen MR) is 99.8 cm³/mol. The number of nitrogens with one attached hydrogen (secondary N) is 1. The number of benzene rings is 2. The van der Waals surface area contributed by atoms with Crippen molar-refractivity contribution in [1.82, 2.24) is 0 Å². The van der Waals surface area contributed by atoms with E-state index in [2.05, 4.69) is 34.7 Å². The van der Waals surface area contributed by atoms with Crippen LogP contribution in [0.25, 0.3) is 0 Å². The van der Waals surface area contributed by atoms with Crippen LogP contribution in [0.5, 0.6) is 11.5 Å². The molecule has 24 heavy (non-hydrogen) atoms. The summed E-state index contributed by atoms with van der Waals surface area (Å²) in [6.45, 7) is 6.07. The molecule has 0 saturated heterocycles. The van der Waals surface area contributed by atoms with Crippen LogP contribution in [0.15, 0.2) is 59.6 Å². The molecule has 1 N–H and O–H groups in total. The minimum absolute atomic E-state index is 0.0568. The Hall–Kier alpha value is -2.27. The first-order chi connectivity index (χ1) is 11.6. The zero-order valence-electron chi connectivity index (χ0n) is 13.5. The maximum Gasteiger partial charge on any atom is 0.262 e. The van der Waals surface area contributed by atoms with Crippen LogP contribution < -0.4 is 14.8 Å². The van der Waals surface area contributed by atoms with Gasteiger partial charge in [-0.2, -0.15) is 0 Å². The topological polar surface area (TPSA) is 47.6 Å². The highest BCUT2D eigenvalue weighted by Gasteiger charge is 2.07. The lowest BCUT2D eigenvalue weighted by atomic mass is 10.2. The minimum atomic E-state index is -0.221. The second-order valence-corrected chi connectivity index (χ2v) is 5.93. The molecule has 0 aliphatic rings. The van der Waals surface area contributed by atoms with Crippen molar-refractivity contribution in [3.8, 4) is 11.5 Å². The van der Waals surface area contributed by atoms with Crippen molar-refractivity contribution in [2.75, 3.05) is 18.5 Å². The molecule has 126 valence electrons. The van der Waals surface area contributed by atoms with E-state index in [1.54, 1.807) is 30.3 Å². The van der Waals surface area contributed by atoms with Gasteiger partial charge in [0, 0.05) is 5.69 Å². The van der Waals surface area contributed by atoms with Crippen LogP contribution in [0.2, 0.25) is 0 Å². The summed E-state index contributed by atoms with van der Waals surface area (Å²) in [5.41, 5.74) is 1.90. The SMILES string of the molecule is C=CCOc1ccc(NC(=O)COc2ccc(CC)cc2Br)cc1. The number of amides is 1. The highest BCUT2D eigenvalue weighted by atomic mass is 79.9. The van der Waals surface area contributed by atoms with Crippen LogP contribution in [0.1, 0.15) is 12.5 Å². The Morgan fingerprint density at radius 1 is 1.21 bits per heavy atom. The molecule has 1 amide bonds. The first-order valence-corrected chi connectivity index (χ1v) is 8.46. The lowest BCUT2D eigenvalue weighted by Crippen LogP contribution is -2.20. The van der Waals surface area contributed by atoms with Gasteiger partial charge in [0.2, 0.25) is 0 Å². The van der Waals surface area contributed by atoms with Crippen molar-refractivity contribution in [3.63, 3.8) is 0 Å². The van der Waals surface area contributed by atoms with E-state index in [0.717, 1.165) is 16.6 Å². The first kappa shape index (κ1) is 18.1. The lowest BCUT2D eigenvalue weighted by Gasteiger charge is -2.10. The molecule has 2 rings (SSSR count). The number of halogens is 1. The number of rotatable bonds is 8. The standard InChI is InChI=1S/C19H20BrNO3/c1-3-11-23-16-8-6-15(7-9-16)21-19(22)13-24-18-10-5-14(4-2)12-17(18)20/h3,5-10,12H,1,4,11,13H2,2H3,(H,21,22). The highest BCUT2D eigenvalue weighted by Crippen LogP contribution is 2.26. The van der Waals surface area contributed by atoms with E-state index in [4.69, 9.17) is 9.47 Å². The minimum Gasteiger partial charge on any atom is -0.490 e. The second-order valence-electron chi connectivity index (χ2n) is 5.08. The molecule has 0 saturated carbocycles. The molecule has 0 aromatic heterocycles. The Balaban J connectivity index is 1.85. The molecule has 0 bridgehead atoms. The smallest absolute Gasteiger partial charge is 0.262 e. The quantitative estimate of drug-likeness (QED) is 0.671. The summed E-state index contributed by atoms with van der Waals surface area (Å²) in [4.78, 5) is 12.0. The number of aryl methyl sites for hydroxylation is 1. The third-order valence-corrected chi connectivity index (χ3v) is 3.89. The van der Waals surface area contributed by atoms with E-state index >= 15 is 0 Å². The molecule has 0 aliphatic heterocycles. The molecular formula is C19H20BrNO3. The van der Waals surface area contributed by atoms with Gasteiger partial charge in [-0.15, -0.1) is 0 Å². The lowest BCUT2D eigenvalue weighted by molar-refractivity contribution is -0.118. The molecule has 0 atom stereocenters. The van der Waals surface area contributed by atoms with E-state index in [0.29, 0.717) is 18.0 Å². The molecule has 0 heterocycles. The number of carbonyl (C=O) groups is 1. The van der Waals surface area contributed by atoms with Gasteiger partial charge in [-0.1, -0.05) is 25.6 Å². The molecular weight excluding hydrogens is 370 g/mol. The third-order valence-electron chi connectivity index (χ3n) is 3.27. The van der Waals surface area contributed by atoms with E-state index in [9.17, 15) is 4.79 Å². The summed E-state index contributed by atoms with van der Waals surface area (Å²) in [7, 11) is 0. The molecule has 4 nitrogen and oxygen atoms in total. The van der Waals surface area contributed by atoms with Crippen LogP contribution in [0, 0.1) is 0 Å². The fraction of sp³-hybridized carbons (Fsp3) is 0.211. The van der Waals surface area contributed by atoms with Gasteiger partial charge in [0.1, 0.15) is 18.1 Å². The molecule has 0 spiro atoms. The Bertz CT molecular complexity index is 698. The molecule has 0 radical (unpaired) electrons. The van der Waals surface area contributed by atoms with Gasteiger partial charge in [-0.25, -0.2) is 0 Å². The summed E-state index contributed by atoms with van der Waals surface area (Å²) in [6, 6.07) is 13.0. The summed E-state index contributed by atoms with van der Waals surface area (Å²) < 4.78 is 11.8. The molecule has 0 unspecified atom stereocenters. The average Bonchev–Trinajstić information content (AvgIpc) is 2.60.